The smallest absolute Gasteiger partial charge is 0.148 e. The van der Waals surface area contributed by atoms with Gasteiger partial charge in [-0.05, 0) is 17.7 Å². The summed E-state index contributed by atoms with van der Waals surface area (Å²) in [6.07, 6.45) is 1.78. The Labute approximate surface area is 98.7 Å². The predicted molar refractivity (Wildman–Crippen MR) is 63.0 cm³/mol. The molecule has 0 unspecified atom stereocenters. The zero-order valence-corrected chi connectivity index (χ0v) is 9.31. The van der Waals surface area contributed by atoms with E-state index in [9.17, 15) is 4.39 Å². The highest BCUT2D eigenvalue weighted by Crippen LogP contribution is 2.07. The number of rotatable bonds is 5. The van der Waals surface area contributed by atoms with Crippen LogP contribution in [0.4, 0.5) is 10.2 Å². The van der Waals surface area contributed by atoms with E-state index < -0.39 is 0 Å². The summed E-state index contributed by atoms with van der Waals surface area (Å²) in [7, 11) is 0. The van der Waals surface area contributed by atoms with E-state index in [1.165, 1.54) is 12.1 Å². The van der Waals surface area contributed by atoms with Gasteiger partial charge in [0.15, 0.2) is 0 Å². The molecule has 2 aromatic rings. The van der Waals surface area contributed by atoms with Gasteiger partial charge in [-0.15, -0.1) is 0 Å². The molecule has 0 fully saturated rings. The van der Waals surface area contributed by atoms with Crippen molar-refractivity contribution in [2.45, 2.75) is 13.1 Å². The Bertz CT molecular complexity index is 484. The first-order valence-corrected chi connectivity index (χ1v) is 5.40. The Balaban J connectivity index is 1.93. The Morgan fingerprint density at radius 3 is 3.00 bits per heavy atom. The molecule has 0 bridgehead atoms. The lowest BCUT2D eigenvalue weighted by Crippen LogP contribution is -2.04. The number of benzene rings is 1. The number of halogens is 1. The van der Waals surface area contributed by atoms with Gasteiger partial charge < -0.3 is 10.4 Å². The standard InChI is InChI=1S/C12H14FN3O/c13-11-3-1-2-10(8-11)9-14-12-4-5-16(15-12)6-7-17/h1-5,8,17H,6-7,9H2,(H,14,15). The minimum Gasteiger partial charge on any atom is -0.394 e. The Morgan fingerprint density at radius 1 is 1.35 bits per heavy atom. The largest absolute Gasteiger partial charge is 0.394 e. The second-order valence-electron chi connectivity index (χ2n) is 3.67. The number of hydrogen-bond acceptors (Lipinski definition) is 3. The van der Waals surface area contributed by atoms with Gasteiger partial charge in [0.2, 0.25) is 0 Å². The average molecular weight is 235 g/mol. The zero-order chi connectivity index (χ0) is 12.1. The minimum atomic E-state index is -0.241. The van der Waals surface area contributed by atoms with Crippen LogP contribution in [0.5, 0.6) is 0 Å². The third kappa shape index (κ3) is 3.29. The molecule has 0 aliphatic rings. The maximum Gasteiger partial charge on any atom is 0.148 e. The Morgan fingerprint density at radius 2 is 2.24 bits per heavy atom. The summed E-state index contributed by atoms with van der Waals surface area (Å²) in [4.78, 5) is 0. The molecule has 2 N–H and O–H groups in total. The number of hydrogen-bond donors (Lipinski definition) is 2. The van der Waals surface area contributed by atoms with Gasteiger partial charge in [0.1, 0.15) is 11.6 Å². The van der Waals surface area contributed by atoms with Crippen LogP contribution in [0.1, 0.15) is 5.56 Å². The summed E-state index contributed by atoms with van der Waals surface area (Å²) in [5.74, 6) is 0.470. The summed E-state index contributed by atoms with van der Waals surface area (Å²) in [6, 6.07) is 8.24. The number of aliphatic hydroxyl groups excluding tert-OH is 1. The van der Waals surface area contributed by atoms with Gasteiger partial charge in [-0.2, -0.15) is 5.10 Å². The number of aliphatic hydroxyl groups is 1. The topological polar surface area (TPSA) is 50.1 Å². The molecule has 1 aromatic carbocycles. The highest BCUT2D eigenvalue weighted by atomic mass is 19.1. The lowest BCUT2D eigenvalue weighted by molar-refractivity contribution is 0.269. The van der Waals surface area contributed by atoms with Gasteiger partial charge in [0.05, 0.1) is 13.2 Å². The van der Waals surface area contributed by atoms with Crippen LogP contribution in [0.3, 0.4) is 0 Å². The third-order valence-corrected chi connectivity index (χ3v) is 2.33. The molecule has 0 saturated heterocycles. The van der Waals surface area contributed by atoms with Crippen molar-refractivity contribution < 1.29 is 9.50 Å². The van der Waals surface area contributed by atoms with E-state index >= 15 is 0 Å². The molecule has 1 heterocycles. The molecule has 0 atom stereocenters. The normalized spacial score (nSPS) is 10.5. The molecule has 1 aromatic heterocycles. The van der Waals surface area contributed by atoms with Crippen LogP contribution < -0.4 is 5.32 Å². The van der Waals surface area contributed by atoms with Crippen LogP contribution in [0.25, 0.3) is 0 Å². The van der Waals surface area contributed by atoms with E-state index in [0.29, 0.717) is 18.9 Å². The van der Waals surface area contributed by atoms with E-state index in [-0.39, 0.29) is 12.4 Å². The molecular weight excluding hydrogens is 221 g/mol. The van der Waals surface area contributed by atoms with Gasteiger partial charge in [0.25, 0.3) is 0 Å². The van der Waals surface area contributed by atoms with Gasteiger partial charge >= 0.3 is 0 Å². The van der Waals surface area contributed by atoms with Gasteiger partial charge in [0, 0.05) is 18.8 Å². The molecule has 0 amide bonds. The van der Waals surface area contributed by atoms with Crippen molar-refractivity contribution >= 4 is 5.82 Å². The second kappa shape index (κ2) is 5.45. The van der Waals surface area contributed by atoms with Crippen LogP contribution in [0.15, 0.2) is 36.5 Å². The van der Waals surface area contributed by atoms with Crippen LogP contribution in [-0.4, -0.2) is 21.5 Å². The number of nitrogens with one attached hydrogen (secondary N) is 1. The fraction of sp³-hybridized carbons (Fsp3) is 0.250. The van der Waals surface area contributed by atoms with E-state index in [0.717, 1.165) is 5.56 Å². The SMILES string of the molecule is OCCn1ccc(NCc2cccc(F)c2)n1. The molecule has 0 radical (unpaired) electrons. The molecule has 0 saturated carbocycles. The zero-order valence-electron chi connectivity index (χ0n) is 9.31. The van der Waals surface area contributed by atoms with Crippen molar-refractivity contribution in [1.82, 2.24) is 9.78 Å². The maximum absolute atomic E-state index is 12.9. The molecule has 2 rings (SSSR count). The third-order valence-electron chi connectivity index (χ3n) is 2.33. The summed E-state index contributed by atoms with van der Waals surface area (Å²) in [6.45, 7) is 1.06. The first-order chi connectivity index (χ1) is 8.28. The molecule has 4 nitrogen and oxygen atoms in total. The molecular formula is C12H14FN3O. The minimum absolute atomic E-state index is 0.0605. The van der Waals surface area contributed by atoms with Crippen LogP contribution in [0, 0.1) is 5.82 Å². The van der Waals surface area contributed by atoms with Crippen molar-refractivity contribution in [3.63, 3.8) is 0 Å². The highest BCUT2D eigenvalue weighted by Gasteiger charge is 1.99. The molecule has 0 aliphatic carbocycles. The fourth-order valence-corrected chi connectivity index (χ4v) is 1.52. The first kappa shape index (κ1) is 11.6. The average Bonchev–Trinajstić information content (AvgIpc) is 2.75. The first-order valence-electron chi connectivity index (χ1n) is 5.40. The van der Waals surface area contributed by atoms with E-state index in [4.69, 9.17) is 5.11 Å². The molecule has 0 spiro atoms. The van der Waals surface area contributed by atoms with Crippen molar-refractivity contribution in [1.29, 1.82) is 0 Å². The van der Waals surface area contributed by atoms with Crippen molar-refractivity contribution in [2.75, 3.05) is 11.9 Å². The summed E-state index contributed by atoms with van der Waals surface area (Å²) >= 11 is 0. The van der Waals surface area contributed by atoms with Gasteiger partial charge in [-0.3, -0.25) is 4.68 Å². The fourth-order valence-electron chi connectivity index (χ4n) is 1.52. The number of aromatic nitrogens is 2. The monoisotopic (exact) mass is 235 g/mol. The number of nitrogens with zero attached hydrogens (tertiary/aromatic N) is 2. The Hall–Kier alpha value is -1.88. The summed E-state index contributed by atoms with van der Waals surface area (Å²) < 4.78 is 14.6. The molecule has 5 heteroatoms. The summed E-state index contributed by atoms with van der Waals surface area (Å²) in [5, 5.41) is 16.0. The van der Waals surface area contributed by atoms with E-state index in [2.05, 4.69) is 10.4 Å². The van der Waals surface area contributed by atoms with Crippen molar-refractivity contribution in [3.8, 4) is 0 Å². The second-order valence-corrected chi connectivity index (χ2v) is 3.67. The van der Waals surface area contributed by atoms with Crippen LogP contribution >= 0.6 is 0 Å². The Kier molecular flexibility index (Phi) is 3.72. The van der Waals surface area contributed by atoms with E-state index in [1.807, 2.05) is 12.1 Å². The highest BCUT2D eigenvalue weighted by molar-refractivity contribution is 5.33. The summed E-state index contributed by atoms with van der Waals surface area (Å²) in [5.41, 5.74) is 0.863. The lowest BCUT2D eigenvalue weighted by Gasteiger charge is -2.03. The maximum atomic E-state index is 12.9. The lowest BCUT2D eigenvalue weighted by atomic mass is 10.2. The van der Waals surface area contributed by atoms with Crippen LogP contribution in [-0.2, 0) is 13.1 Å². The molecule has 90 valence electrons. The predicted octanol–water partition coefficient (Wildman–Crippen LogP) is 1.63. The number of anilines is 1. The van der Waals surface area contributed by atoms with Gasteiger partial charge in [-0.1, -0.05) is 12.1 Å². The van der Waals surface area contributed by atoms with Crippen LogP contribution in [0.2, 0.25) is 0 Å². The van der Waals surface area contributed by atoms with E-state index in [1.54, 1.807) is 16.9 Å². The van der Waals surface area contributed by atoms with Crippen molar-refractivity contribution in [2.24, 2.45) is 0 Å². The van der Waals surface area contributed by atoms with Gasteiger partial charge in [-0.25, -0.2) is 4.39 Å². The molecule has 17 heavy (non-hydrogen) atoms. The quantitative estimate of drug-likeness (QED) is 0.828. The molecule has 0 aliphatic heterocycles. The van der Waals surface area contributed by atoms with Crippen molar-refractivity contribution in [3.05, 3.63) is 47.9 Å².